The first kappa shape index (κ1) is 29.6. The summed E-state index contributed by atoms with van der Waals surface area (Å²) >= 11 is 0. The first-order valence-corrected chi connectivity index (χ1v) is 13.3. The fourth-order valence-electron chi connectivity index (χ4n) is 4.96. The number of nitriles is 1. The quantitative estimate of drug-likeness (QED) is 0.231. The molecule has 2 aliphatic heterocycles. The number of furan rings is 1. The number of amides is 2. The van der Waals surface area contributed by atoms with Crippen LogP contribution in [0.4, 0.5) is 4.79 Å². The van der Waals surface area contributed by atoms with Gasteiger partial charge in [0.25, 0.3) is 5.91 Å². The molecular weight excluding hydrogens is 519 g/mol. The molecule has 1 unspecified atom stereocenters. The normalized spacial score (nSPS) is 19.6. The summed E-state index contributed by atoms with van der Waals surface area (Å²) in [5.74, 6) is -1.53. The number of morpholine rings is 2. The second-order valence-corrected chi connectivity index (χ2v) is 10.4. The Morgan fingerprint density at radius 3 is 2.67 bits per heavy atom. The Bertz CT molecular complexity index is 1250. The van der Waals surface area contributed by atoms with Crippen LogP contribution in [-0.2, 0) is 25.4 Å². The summed E-state index contributed by atoms with van der Waals surface area (Å²) in [5.41, 5.74) is 0.807. The Balaban J connectivity index is 1.37. The second-order valence-electron chi connectivity index (χ2n) is 10.4. The van der Waals surface area contributed by atoms with Crippen molar-refractivity contribution in [2.45, 2.75) is 37.8 Å². The lowest BCUT2D eigenvalue weighted by molar-refractivity contribution is -0.137. The number of benzene rings is 1. The van der Waals surface area contributed by atoms with Gasteiger partial charge in [-0.2, -0.15) is 5.26 Å². The largest absolute Gasteiger partial charge is 0.475 e. The zero-order valence-corrected chi connectivity index (χ0v) is 22.7. The van der Waals surface area contributed by atoms with Crippen LogP contribution >= 0.6 is 0 Å². The maximum atomic E-state index is 13.4. The summed E-state index contributed by atoms with van der Waals surface area (Å²) in [6.07, 6.45) is 2.40. The predicted molar refractivity (Wildman–Crippen MR) is 145 cm³/mol. The third-order valence-electron chi connectivity index (χ3n) is 7.23. The number of rotatable bonds is 9. The molecule has 12 nitrogen and oxygen atoms in total. The van der Waals surface area contributed by atoms with Crippen LogP contribution in [0.2, 0.25) is 0 Å². The summed E-state index contributed by atoms with van der Waals surface area (Å²) in [7, 11) is -1.85. The highest BCUT2D eigenvalue weighted by atomic mass is 16.6. The van der Waals surface area contributed by atoms with Gasteiger partial charge in [-0.25, -0.2) is 4.79 Å². The highest BCUT2D eigenvalue weighted by molar-refractivity contribution is 6.43. The fourth-order valence-corrected chi connectivity index (χ4v) is 4.96. The van der Waals surface area contributed by atoms with Crippen LogP contribution in [0.1, 0.15) is 19.4 Å². The molecule has 0 spiro atoms. The lowest BCUT2D eigenvalue weighted by Crippen LogP contribution is -2.53. The standard InChI is InChI=1S/C27H35BN4O8/c1-27(2,31-7-10-37-11-8-31)14-20(15-29)25(33)32-9-12-38-17-21(32)18-40-26(34)30-24(28(35)36)13-19-16-39-23-6-4-3-5-22(19)23/h3-6,14,16,21,24,35-36H,7-13,17-18H2,1-2H3,(H,30,34)/t21-,24?/m1/s1. The van der Waals surface area contributed by atoms with E-state index in [2.05, 4.69) is 10.2 Å². The van der Waals surface area contributed by atoms with Crippen molar-refractivity contribution in [3.63, 3.8) is 0 Å². The van der Waals surface area contributed by atoms with Gasteiger partial charge in [-0.3, -0.25) is 9.69 Å². The number of ether oxygens (including phenoxy) is 3. The van der Waals surface area contributed by atoms with Crippen LogP contribution < -0.4 is 5.32 Å². The molecule has 1 aromatic carbocycles. The summed E-state index contributed by atoms with van der Waals surface area (Å²) in [5, 5.41) is 32.9. The van der Waals surface area contributed by atoms with E-state index in [0.717, 1.165) is 5.39 Å². The van der Waals surface area contributed by atoms with Crippen molar-refractivity contribution < 1.29 is 38.3 Å². The Labute approximate surface area is 233 Å². The molecule has 4 rings (SSSR count). The average Bonchev–Trinajstić information content (AvgIpc) is 3.37. The van der Waals surface area contributed by atoms with E-state index >= 15 is 0 Å². The molecule has 0 aliphatic carbocycles. The second kappa shape index (κ2) is 13.3. The minimum Gasteiger partial charge on any atom is -0.464 e. The number of nitrogens with one attached hydrogen (secondary N) is 1. The lowest BCUT2D eigenvalue weighted by Gasteiger charge is -2.39. The molecule has 0 radical (unpaired) electrons. The zero-order valence-electron chi connectivity index (χ0n) is 22.7. The van der Waals surface area contributed by atoms with E-state index in [0.29, 0.717) is 37.4 Å². The summed E-state index contributed by atoms with van der Waals surface area (Å²) in [4.78, 5) is 29.7. The Hall–Kier alpha value is -3.41. The van der Waals surface area contributed by atoms with Crippen molar-refractivity contribution in [3.05, 3.63) is 47.7 Å². The van der Waals surface area contributed by atoms with Gasteiger partial charge in [0.05, 0.1) is 44.7 Å². The first-order chi connectivity index (χ1) is 19.2. The summed E-state index contributed by atoms with van der Waals surface area (Å²) in [6, 6.07) is 8.72. The highest BCUT2D eigenvalue weighted by Gasteiger charge is 2.34. The Kier molecular flexibility index (Phi) is 9.83. The van der Waals surface area contributed by atoms with Gasteiger partial charge in [0.1, 0.15) is 23.8 Å². The Morgan fingerprint density at radius 2 is 1.95 bits per heavy atom. The third-order valence-corrected chi connectivity index (χ3v) is 7.23. The maximum absolute atomic E-state index is 13.4. The van der Waals surface area contributed by atoms with Crippen molar-refractivity contribution in [2.24, 2.45) is 0 Å². The smallest absolute Gasteiger partial charge is 0.464 e. The molecule has 2 aromatic rings. The molecule has 2 aliphatic rings. The molecule has 2 amide bonds. The zero-order chi connectivity index (χ0) is 28.7. The van der Waals surface area contributed by atoms with Crippen LogP contribution in [0, 0.1) is 11.3 Å². The number of fused-ring (bicyclic) bond motifs is 1. The van der Waals surface area contributed by atoms with E-state index < -0.39 is 36.6 Å². The van der Waals surface area contributed by atoms with Gasteiger partial charge in [0.2, 0.25) is 0 Å². The number of nitrogens with zero attached hydrogens (tertiary/aromatic N) is 3. The van der Waals surface area contributed by atoms with E-state index in [9.17, 15) is 24.9 Å². The number of hydrogen-bond donors (Lipinski definition) is 3. The van der Waals surface area contributed by atoms with E-state index in [1.165, 1.54) is 11.2 Å². The van der Waals surface area contributed by atoms with Gasteiger partial charge >= 0.3 is 13.2 Å². The molecule has 2 atom stereocenters. The van der Waals surface area contributed by atoms with Gasteiger partial charge in [-0.1, -0.05) is 18.2 Å². The molecule has 2 fully saturated rings. The van der Waals surface area contributed by atoms with Crippen LogP contribution in [-0.4, -0.2) is 109 Å². The van der Waals surface area contributed by atoms with E-state index in [-0.39, 0.29) is 38.4 Å². The summed E-state index contributed by atoms with van der Waals surface area (Å²) in [6.45, 7) is 6.91. The molecule has 0 saturated carbocycles. The van der Waals surface area contributed by atoms with Crippen LogP contribution in [0.15, 0.2) is 46.6 Å². The molecule has 13 heteroatoms. The first-order valence-electron chi connectivity index (χ1n) is 13.3. The minimum atomic E-state index is -1.85. The van der Waals surface area contributed by atoms with E-state index in [1.54, 1.807) is 12.1 Å². The van der Waals surface area contributed by atoms with Crippen molar-refractivity contribution in [1.29, 1.82) is 5.26 Å². The monoisotopic (exact) mass is 554 g/mol. The molecule has 0 bridgehead atoms. The lowest BCUT2D eigenvalue weighted by atomic mass is 9.76. The molecule has 214 valence electrons. The Morgan fingerprint density at radius 1 is 1.23 bits per heavy atom. The van der Waals surface area contributed by atoms with Crippen molar-refractivity contribution >= 4 is 30.1 Å². The molecule has 1 aromatic heterocycles. The van der Waals surface area contributed by atoms with Crippen LogP contribution in [0.25, 0.3) is 11.0 Å². The number of carbonyl (C=O) groups is 2. The number of carbonyl (C=O) groups excluding carboxylic acids is 2. The molecule has 3 N–H and O–H groups in total. The van der Waals surface area contributed by atoms with E-state index in [4.69, 9.17) is 18.6 Å². The molecular formula is C27H35BN4O8. The SMILES string of the molecule is CC(C)(C=C(C#N)C(=O)N1CCOC[C@@H]1COC(=O)NC(Cc1coc2ccccc12)B(O)O)N1CCOCC1. The van der Waals surface area contributed by atoms with Gasteiger partial charge in [-0.05, 0) is 38.0 Å². The van der Waals surface area contributed by atoms with Gasteiger partial charge < -0.3 is 38.9 Å². The van der Waals surface area contributed by atoms with Crippen molar-refractivity contribution in [2.75, 3.05) is 52.7 Å². The van der Waals surface area contributed by atoms with Gasteiger partial charge in [0, 0.05) is 30.6 Å². The number of hydrogen-bond acceptors (Lipinski definition) is 10. The van der Waals surface area contributed by atoms with Crippen molar-refractivity contribution in [1.82, 2.24) is 15.1 Å². The highest BCUT2D eigenvalue weighted by Crippen LogP contribution is 2.23. The van der Waals surface area contributed by atoms with Crippen LogP contribution in [0.3, 0.4) is 0 Å². The van der Waals surface area contributed by atoms with Crippen LogP contribution in [0.5, 0.6) is 0 Å². The molecule has 2 saturated heterocycles. The molecule has 3 heterocycles. The predicted octanol–water partition coefficient (Wildman–Crippen LogP) is 0.870. The number of alkyl carbamates (subject to hydrolysis) is 1. The fraction of sp³-hybridized carbons (Fsp3) is 0.519. The van der Waals surface area contributed by atoms with E-state index in [1.807, 2.05) is 38.1 Å². The maximum Gasteiger partial charge on any atom is 0.475 e. The third kappa shape index (κ3) is 7.21. The summed E-state index contributed by atoms with van der Waals surface area (Å²) < 4.78 is 21.8. The number of para-hydroxylation sites is 1. The average molecular weight is 554 g/mol. The van der Waals surface area contributed by atoms with Gasteiger partial charge in [-0.15, -0.1) is 0 Å². The molecule has 40 heavy (non-hydrogen) atoms. The van der Waals surface area contributed by atoms with Gasteiger partial charge in [0.15, 0.2) is 0 Å². The topological polar surface area (TPSA) is 158 Å². The minimum absolute atomic E-state index is 0.00338. The van der Waals surface area contributed by atoms with Crippen molar-refractivity contribution in [3.8, 4) is 6.07 Å².